The topological polar surface area (TPSA) is 101 Å². The molecule has 0 saturated heterocycles. The second kappa shape index (κ2) is 8.73. The maximum Gasteiger partial charge on any atom is 0.330 e. The van der Waals surface area contributed by atoms with Crippen molar-refractivity contribution in [1.29, 1.82) is 0 Å². The zero-order chi connectivity index (χ0) is 20.1. The zero-order valence-electron chi connectivity index (χ0n) is 16.1. The van der Waals surface area contributed by atoms with Crippen LogP contribution in [0, 0.1) is 0 Å². The number of aromatic nitrogens is 2. The number of carbonyl (C=O) groups excluding carboxylic acids is 1. The highest BCUT2D eigenvalue weighted by molar-refractivity contribution is 5.93. The summed E-state index contributed by atoms with van der Waals surface area (Å²) in [6, 6.07) is 9.35. The summed E-state index contributed by atoms with van der Waals surface area (Å²) < 4.78 is 1.29. The lowest BCUT2D eigenvalue weighted by atomic mass is 9.97. The molecule has 1 aliphatic rings. The normalized spacial score (nSPS) is 13.8. The monoisotopic (exact) mass is 382 g/mol. The van der Waals surface area contributed by atoms with E-state index >= 15 is 0 Å². The zero-order valence-corrected chi connectivity index (χ0v) is 16.1. The molecule has 0 atom stereocenters. The number of nitrogen functional groups attached to an aromatic ring is 1. The van der Waals surface area contributed by atoms with Crippen LogP contribution in [0.5, 0.6) is 0 Å². The molecule has 148 valence electrons. The summed E-state index contributed by atoms with van der Waals surface area (Å²) in [7, 11) is 0. The summed E-state index contributed by atoms with van der Waals surface area (Å²) in [6.07, 6.45) is 7.32. The number of nitrogens with two attached hydrogens (primary N) is 1. The Morgan fingerprint density at radius 1 is 1.21 bits per heavy atom. The van der Waals surface area contributed by atoms with Crippen molar-refractivity contribution in [1.82, 2.24) is 9.55 Å². The maximum atomic E-state index is 12.5. The molecule has 1 aliphatic carbocycles. The number of carbonyl (C=O) groups is 1. The van der Waals surface area contributed by atoms with E-state index in [9.17, 15) is 14.4 Å². The Bertz CT molecular complexity index is 989. The van der Waals surface area contributed by atoms with Gasteiger partial charge in [0.2, 0.25) is 5.91 Å². The fraction of sp³-hybridized carbons (Fsp3) is 0.381. The number of nitrogens with one attached hydrogen (secondary N) is 1. The minimum absolute atomic E-state index is 0.00502. The van der Waals surface area contributed by atoms with Crippen molar-refractivity contribution in [2.75, 3.05) is 17.2 Å². The van der Waals surface area contributed by atoms with Crippen LogP contribution in [0.2, 0.25) is 0 Å². The van der Waals surface area contributed by atoms with E-state index in [2.05, 4.69) is 11.1 Å². The molecular weight excluding hydrogens is 356 g/mol. The molecule has 0 bridgehead atoms. The summed E-state index contributed by atoms with van der Waals surface area (Å²) in [4.78, 5) is 40.8. The van der Waals surface area contributed by atoms with Crippen LogP contribution in [0.4, 0.5) is 11.5 Å². The van der Waals surface area contributed by atoms with Gasteiger partial charge in [0.25, 0.3) is 5.56 Å². The molecule has 0 fully saturated rings. The predicted octanol–water partition coefficient (Wildman–Crippen LogP) is 2.41. The van der Waals surface area contributed by atoms with E-state index in [-0.39, 0.29) is 24.0 Å². The fourth-order valence-corrected chi connectivity index (χ4v) is 3.57. The quantitative estimate of drug-likeness (QED) is 0.749. The van der Waals surface area contributed by atoms with Crippen molar-refractivity contribution in [2.45, 2.75) is 45.6 Å². The molecule has 0 saturated carbocycles. The van der Waals surface area contributed by atoms with Crippen molar-refractivity contribution in [3.05, 3.63) is 68.4 Å². The third-order valence-electron chi connectivity index (χ3n) is 5.09. The number of nitrogens with zero attached hydrogens (tertiary/aromatic N) is 2. The molecule has 0 radical (unpaired) electrons. The van der Waals surface area contributed by atoms with Crippen LogP contribution >= 0.6 is 0 Å². The molecule has 0 unspecified atom stereocenters. The molecule has 1 heterocycles. The average Bonchev–Trinajstić information content (AvgIpc) is 2.69. The van der Waals surface area contributed by atoms with Crippen LogP contribution in [0.3, 0.4) is 0 Å². The van der Waals surface area contributed by atoms with Gasteiger partial charge in [0.05, 0.1) is 6.54 Å². The van der Waals surface area contributed by atoms with Gasteiger partial charge in [0.15, 0.2) is 5.69 Å². The van der Waals surface area contributed by atoms with Crippen molar-refractivity contribution in [3.8, 4) is 0 Å². The molecule has 2 aromatic rings. The number of amides is 1. The molecule has 3 N–H and O–H groups in total. The van der Waals surface area contributed by atoms with Crippen molar-refractivity contribution < 1.29 is 4.79 Å². The Hall–Kier alpha value is -3.09. The van der Waals surface area contributed by atoms with E-state index in [1.54, 1.807) is 0 Å². The predicted molar refractivity (Wildman–Crippen MR) is 110 cm³/mol. The average molecular weight is 382 g/mol. The van der Waals surface area contributed by atoms with Crippen molar-refractivity contribution in [3.63, 3.8) is 0 Å². The van der Waals surface area contributed by atoms with Gasteiger partial charge >= 0.3 is 5.69 Å². The number of aromatic amines is 1. The van der Waals surface area contributed by atoms with Crippen LogP contribution in [0.1, 0.15) is 44.6 Å². The van der Waals surface area contributed by atoms with E-state index in [4.69, 9.17) is 5.73 Å². The van der Waals surface area contributed by atoms with Crippen LogP contribution in [0.25, 0.3) is 0 Å². The second-order valence-electron chi connectivity index (χ2n) is 7.09. The standard InChI is InChI=1S/C21H26N4O3/c1-15(26)24(13-12-16-8-4-2-5-9-16)18-19(22)25(21(28)23-20(18)27)14-17-10-6-3-7-11-17/h3,6-8,10-11H,2,4-5,9,12-14,22H2,1H3,(H,23,27,28). The van der Waals surface area contributed by atoms with Gasteiger partial charge in [-0.25, -0.2) is 4.79 Å². The third kappa shape index (κ3) is 4.42. The number of anilines is 2. The van der Waals surface area contributed by atoms with Gasteiger partial charge in [-0.3, -0.25) is 19.1 Å². The van der Waals surface area contributed by atoms with Gasteiger partial charge in [-0.2, -0.15) is 0 Å². The molecule has 7 nitrogen and oxygen atoms in total. The highest BCUT2D eigenvalue weighted by atomic mass is 16.2. The molecular formula is C21H26N4O3. The number of hydrogen-bond donors (Lipinski definition) is 2. The Balaban J connectivity index is 1.94. The summed E-state index contributed by atoms with van der Waals surface area (Å²) in [5.41, 5.74) is 7.20. The first-order chi connectivity index (χ1) is 13.5. The largest absolute Gasteiger partial charge is 0.383 e. The van der Waals surface area contributed by atoms with Crippen molar-refractivity contribution in [2.24, 2.45) is 0 Å². The Labute approximate surface area is 163 Å². The summed E-state index contributed by atoms with van der Waals surface area (Å²) in [6.45, 7) is 1.98. The lowest BCUT2D eigenvalue weighted by Gasteiger charge is -2.24. The van der Waals surface area contributed by atoms with E-state index in [1.807, 2.05) is 30.3 Å². The minimum atomic E-state index is -0.639. The Morgan fingerprint density at radius 3 is 2.61 bits per heavy atom. The summed E-state index contributed by atoms with van der Waals surface area (Å²) in [5, 5.41) is 0. The molecule has 0 aliphatic heterocycles. The Morgan fingerprint density at radius 2 is 1.96 bits per heavy atom. The number of hydrogen-bond acceptors (Lipinski definition) is 4. The molecule has 3 rings (SSSR count). The smallest absolute Gasteiger partial charge is 0.330 e. The molecule has 28 heavy (non-hydrogen) atoms. The summed E-state index contributed by atoms with van der Waals surface area (Å²) >= 11 is 0. The van der Waals surface area contributed by atoms with Gasteiger partial charge in [-0.05, 0) is 37.7 Å². The summed E-state index contributed by atoms with van der Waals surface area (Å²) in [5.74, 6) is -0.274. The fourth-order valence-electron chi connectivity index (χ4n) is 3.57. The Kier molecular flexibility index (Phi) is 6.13. The van der Waals surface area contributed by atoms with E-state index in [1.165, 1.54) is 28.4 Å². The van der Waals surface area contributed by atoms with Gasteiger partial charge < -0.3 is 10.6 Å². The van der Waals surface area contributed by atoms with Crippen LogP contribution < -0.4 is 21.9 Å². The molecule has 1 amide bonds. The molecule has 0 spiro atoms. The first kappa shape index (κ1) is 19.7. The van der Waals surface area contributed by atoms with E-state index in [0.717, 1.165) is 24.8 Å². The highest BCUT2D eigenvalue weighted by Crippen LogP contribution is 2.23. The lowest BCUT2D eigenvalue weighted by Crippen LogP contribution is -2.41. The van der Waals surface area contributed by atoms with Crippen LogP contribution in [0.15, 0.2) is 51.6 Å². The number of H-pyrrole nitrogens is 1. The van der Waals surface area contributed by atoms with Crippen LogP contribution in [-0.4, -0.2) is 22.0 Å². The van der Waals surface area contributed by atoms with Gasteiger partial charge in [-0.1, -0.05) is 42.0 Å². The maximum absolute atomic E-state index is 12.5. The molecule has 1 aromatic heterocycles. The molecule has 7 heteroatoms. The van der Waals surface area contributed by atoms with E-state index in [0.29, 0.717) is 13.0 Å². The second-order valence-corrected chi connectivity index (χ2v) is 7.09. The number of benzene rings is 1. The third-order valence-corrected chi connectivity index (χ3v) is 5.09. The van der Waals surface area contributed by atoms with Gasteiger partial charge in [0.1, 0.15) is 5.82 Å². The minimum Gasteiger partial charge on any atom is -0.383 e. The lowest BCUT2D eigenvalue weighted by molar-refractivity contribution is -0.116. The SMILES string of the molecule is CC(=O)N(CCC1=CCCCC1)c1c(N)n(Cc2ccccc2)c(=O)[nH]c1=O. The van der Waals surface area contributed by atoms with E-state index < -0.39 is 11.2 Å². The highest BCUT2D eigenvalue weighted by Gasteiger charge is 2.22. The molecule has 1 aromatic carbocycles. The van der Waals surface area contributed by atoms with Gasteiger partial charge in [0, 0.05) is 13.5 Å². The van der Waals surface area contributed by atoms with Gasteiger partial charge in [-0.15, -0.1) is 0 Å². The number of rotatable bonds is 6. The number of allylic oxidation sites excluding steroid dienone is 1. The van der Waals surface area contributed by atoms with Crippen molar-refractivity contribution >= 4 is 17.4 Å². The first-order valence-corrected chi connectivity index (χ1v) is 9.60. The first-order valence-electron chi connectivity index (χ1n) is 9.60. The van der Waals surface area contributed by atoms with Crippen LogP contribution in [-0.2, 0) is 11.3 Å².